The molecule has 1 aliphatic carbocycles. The van der Waals surface area contributed by atoms with Crippen molar-refractivity contribution in [2.24, 2.45) is 0 Å². The van der Waals surface area contributed by atoms with Gasteiger partial charge in [-0.05, 0) is 48.4 Å². The van der Waals surface area contributed by atoms with E-state index < -0.39 is 0 Å². The highest BCUT2D eigenvalue weighted by atomic mass is 32.1. The highest BCUT2D eigenvalue weighted by Crippen LogP contribution is 2.38. The molecular weight excluding hydrogens is 288 g/mol. The summed E-state index contributed by atoms with van der Waals surface area (Å²) in [7, 11) is 0. The zero-order chi connectivity index (χ0) is 15.2. The van der Waals surface area contributed by atoms with Crippen molar-refractivity contribution in [3.8, 4) is 5.75 Å². The number of hydrogen-bond acceptors (Lipinski definition) is 2. The minimum Gasteiger partial charge on any atom is -0.508 e. The van der Waals surface area contributed by atoms with Crippen molar-refractivity contribution < 1.29 is 5.11 Å². The van der Waals surface area contributed by atoms with Crippen LogP contribution in [0.15, 0.2) is 24.3 Å². The van der Waals surface area contributed by atoms with E-state index in [0.29, 0.717) is 5.75 Å². The standard InChI is InChI=1S/C20H28OS/c21-18-13-12-17-14-19(22-20(17)15-18)16-10-8-6-4-2-1-3-5-7-9-11-16/h12-16,21H,1-11H2. The van der Waals surface area contributed by atoms with Gasteiger partial charge in [-0.3, -0.25) is 0 Å². The summed E-state index contributed by atoms with van der Waals surface area (Å²) in [6, 6.07) is 8.15. The van der Waals surface area contributed by atoms with Crippen LogP contribution in [0.3, 0.4) is 0 Å². The summed E-state index contributed by atoms with van der Waals surface area (Å²) in [6.45, 7) is 0. The lowest BCUT2D eigenvalue weighted by Gasteiger charge is -2.16. The zero-order valence-corrected chi connectivity index (χ0v) is 14.3. The molecule has 1 aromatic carbocycles. The molecule has 0 saturated heterocycles. The molecule has 22 heavy (non-hydrogen) atoms. The first-order valence-corrected chi connectivity index (χ1v) is 9.87. The Morgan fingerprint density at radius 3 is 2.00 bits per heavy atom. The van der Waals surface area contributed by atoms with Gasteiger partial charge in [0.1, 0.15) is 5.75 Å². The normalized spacial score (nSPS) is 19.6. The van der Waals surface area contributed by atoms with E-state index in [1.165, 1.54) is 85.6 Å². The number of rotatable bonds is 1. The van der Waals surface area contributed by atoms with Crippen molar-refractivity contribution in [1.82, 2.24) is 0 Å². The number of aromatic hydroxyl groups is 1. The Morgan fingerprint density at radius 2 is 1.36 bits per heavy atom. The highest BCUT2D eigenvalue weighted by Gasteiger charge is 2.15. The number of thiophene rings is 1. The Kier molecular flexibility index (Phi) is 5.77. The average molecular weight is 317 g/mol. The molecule has 0 atom stereocenters. The molecule has 3 rings (SSSR count). The number of phenolic OH excluding ortho intramolecular Hbond substituents is 1. The topological polar surface area (TPSA) is 20.2 Å². The summed E-state index contributed by atoms with van der Waals surface area (Å²) in [5.74, 6) is 1.12. The third-order valence-corrected chi connectivity index (χ3v) is 6.29. The van der Waals surface area contributed by atoms with Crippen molar-refractivity contribution in [2.75, 3.05) is 0 Å². The van der Waals surface area contributed by atoms with Gasteiger partial charge in [-0.25, -0.2) is 0 Å². The first-order valence-electron chi connectivity index (χ1n) is 9.05. The molecule has 0 bridgehead atoms. The fraction of sp³-hybridized carbons (Fsp3) is 0.600. The van der Waals surface area contributed by atoms with Crippen LogP contribution in [-0.4, -0.2) is 5.11 Å². The Hall–Kier alpha value is -1.02. The quantitative estimate of drug-likeness (QED) is 0.600. The van der Waals surface area contributed by atoms with E-state index in [-0.39, 0.29) is 0 Å². The summed E-state index contributed by atoms with van der Waals surface area (Å²) in [4.78, 5) is 1.54. The Balaban J connectivity index is 1.72. The van der Waals surface area contributed by atoms with Crippen molar-refractivity contribution in [3.05, 3.63) is 29.1 Å². The molecule has 1 fully saturated rings. The van der Waals surface area contributed by atoms with Gasteiger partial charge in [-0.2, -0.15) is 0 Å². The first kappa shape index (κ1) is 15.9. The Bertz CT molecular complexity index is 574. The van der Waals surface area contributed by atoms with Crippen molar-refractivity contribution in [1.29, 1.82) is 0 Å². The minimum absolute atomic E-state index is 0.389. The maximum Gasteiger partial charge on any atom is 0.117 e. The second kappa shape index (κ2) is 8.01. The van der Waals surface area contributed by atoms with Gasteiger partial charge in [0.2, 0.25) is 0 Å². The molecule has 2 aromatic rings. The minimum atomic E-state index is 0.389. The lowest BCUT2D eigenvalue weighted by atomic mass is 9.91. The van der Waals surface area contributed by atoms with Crippen LogP contribution in [0.4, 0.5) is 0 Å². The van der Waals surface area contributed by atoms with E-state index in [4.69, 9.17) is 0 Å². The maximum absolute atomic E-state index is 9.67. The largest absolute Gasteiger partial charge is 0.508 e. The van der Waals surface area contributed by atoms with Crippen molar-refractivity contribution in [2.45, 2.75) is 76.5 Å². The van der Waals surface area contributed by atoms with Gasteiger partial charge >= 0.3 is 0 Å². The van der Waals surface area contributed by atoms with E-state index >= 15 is 0 Å². The van der Waals surface area contributed by atoms with Crippen LogP contribution in [-0.2, 0) is 0 Å². The predicted molar refractivity (Wildman–Crippen MR) is 97.0 cm³/mol. The zero-order valence-electron chi connectivity index (χ0n) is 13.5. The summed E-state index contributed by atoms with van der Waals surface area (Å²) in [6.07, 6.45) is 15.4. The van der Waals surface area contributed by atoms with E-state index in [9.17, 15) is 5.11 Å². The van der Waals surface area contributed by atoms with E-state index in [1.54, 1.807) is 6.07 Å². The van der Waals surface area contributed by atoms with Gasteiger partial charge in [0.15, 0.2) is 0 Å². The van der Waals surface area contributed by atoms with E-state index in [0.717, 1.165) is 5.92 Å². The summed E-state index contributed by atoms with van der Waals surface area (Å²) >= 11 is 1.90. The summed E-state index contributed by atoms with van der Waals surface area (Å²) in [5.41, 5.74) is 0. The number of hydrogen-bond donors (Lipinski definition) is 1. The molecule has 1 heterocycles. The van der Waals surface area contributed by atoms with Gasteiger partial charge in [-0.15, -0.1) is 11.3 Å². The second-order valence-corrected chi connectivity index (χ2v) is 7.94. The lowest BCUT2D eigenvalue weighted by Crippen LogP contribution is -1.98. The maximum atomic E-state index is 9.67. The van der Waals surface area contributed by atoms with Crippen molar-refractivity contribution >= 4 is 21.4 Å². The van der Waals surface area contributed by atoms with Crippen LogP contribution in [0.2, 0.25) is 0 Å². The molecule has 1 nitrogen and oxygen atoms in total. The van der Waals surface area contributed by atoms with Crippen LogP contribution in [0.25, 0.3) is 10.1 Å². The van der Waals surface area contributed by atoms with Crippen LogP contribution >= 0.6 is 11.3 Å². The molecule has 1 aromatic heterocycles. The van der Waals surface area contributed by atoms with Crippen LogP contribution in [0.5, 0.6) is 5.75 Å². The molecular formula is C20H28OS. The molecule has 0 radical (unpaired) electrons. The molecule has 120 valence electrons. The summed E-state index contributed by atoms with van der Waals surface area (Å²) in [5, 5.41) is 11.0. The van der Waals surface area contributed by atoms with Crippen LogP contribution < -0.4 is 0 Å². The highest BCUT2D eigenvalue weighted by molar-refractivity contribution is 7.19. The van der Waals surface area contributed by atoms with Gasteiger partial charge in [0.05, 0.1) is 0 Å². The monoisotopic (exact) mass is 316 g/mol. The second-order valence-electron chi connectivity index (χ2n) is 6.83. The van der Waals surface area contributed by atoms with E-state index in [2.05, 4.69) is 12.1 Å². The third kappa shape index (κ3) is 4.25. The smallest absolute Gasteiger partial charge is 0.117 e. The molecule has 1 aliphatic rings. The number of phenols is 1. The van der Waals surface area contributed by atoms with Gasteiger partial charge in [-0.1, -0.05) is 57.8 Å². The first-order chi connectivity index (χ1) is 10.8. The molecule has 0 spiro atoms. The molecule has 0 aliphatic heterocycles. The van der Waals surface area contributed by atoms with Crippen LogP contribution in [0, 0.1) is 0 Å². The predicted octanol–water partition coefficient (Wildman–Crippen LogP) is 7.00. The fourth-order valence-electron chi connectivity index (χ4n) is 3.69. The molecule has 2 heteroatoms. The Labute approximate surface area is 138 Å². The number of fused-ring (bicyclic) bond motifs is 1. The number of benzene rings is 1. The average Bonchev–Trinajstić information content (AvgIpc) is 2.90. The molecule has 0 amide bonds. The fourth-order valence-corrected chi connectivity index (χ4v) is 4.96. The molecule has 0 unspecified atom stereocenters. The van der Waals surface area contributed by atoms with Crippen LogP contribution in [0.1, 0.15) is 81.4 Å². The van der Waals surface area contributed by atoms with E-state index in [1.807, 2.05) is 17.4 Å². The SMILES string of the molecule is Oc1ccc2cc(C3CCCCCCCCCCC3)sc2c1. The molecule has 1 saturated carbocycles. The Morgan fingerprint density at radius 1 is 0.773 bits per heavy atom. The lowest BCUT2D eigenvalue weighted by molar-refractivity contribution is 0.471. The van der Waals surface area contributed by atoms with Gasteiger partial charge in [0, 0.05) is 9.58 Å². The van der Waals surface area contributed by atoms with Crippen molar-refractivity contribution in [3.63, 3.8) is 0 Å². The van der Waals surface area contributed by atoms with Gasteiger partial charge in [0.25, 0.3) is 0 Å². The third-order valence-electron chi connectivity index (χ3n) is 5.03. The summed E-state index contributed by atoms with van der Waals surface area (Å²) < 4.78 is 1.24. The molecule has 1 N–H and O–H groups in total. The van der Waals surface area contributed by atoms with Gasteiger partial charge < -0.3 is 5.11 Å².